The first-order valence-electron chi connectivity index (χ1n) is 6.20. The predicted octanol–water partition coefficient (Wildman–Crippen LogP) is 5.01. The second kappa shape index (κ2) is 6.76. The van der Waals surface area contributed by atoms with E-state index in [9.17, 15) is 23.3 Å². The van der Waals surface area contributed by atoms with Crippen LogP contribution in [0.25, 0.3) is 0 Å². The zero-order chi connectivity index (χ0) is 17.9. The Balaban J connectivity index is 2.33. The highest BCUT2D eigenvalue weighted by atomic mass is 35.5. The van der Waals surface area contributed by atoms with E-state index in [0.717, 1.165) is 24.3 Å². The predicted molar refractivity (Wildman–Crippen MR) is 77.6 cm³/mol. The fraction of sp³-hybridized carbons (Fsp3) is 0.0667. The lowest BCUT2D eigenvalue weighted by Gasteiger charge is -2.11. The van der Waals surface area contributed by atoms with Gasteiger partial charge >= 0.3 is 6.18 Å². The van der Waals surface area contributed by atoms with Gasteiger partial charge in [-0.15, -0.1) is 0 Å². The van der Waals surface area contributed by atoms with Crippen molar-refractivity contribution in [1.82, 2.24) is 0 Å². The van der Waals surface area contributed by atoms with Crippen molar-refractivity contribution in [2.24, 2.45) is 0 Å². The Morgan fingerprint density at radius 1 is 1.21 bits per heavy atom. The van der Waals surface area contributed by atoms with Gasteiger partial charge in [-0.3, -0.25) is 10.1 Å². The van der Waals surface area contributed by atoms with Crippen molar-refractivity contribution in [2.75, 3.05) is 0 Å². The summed E-state index contributed by atoms with van der Waals surface area (Å²) >= 11 is 5.77. The van der Waals surface area contributed by atoms with Crippen LogP contribution in [-0.2, 0) is 6.18 Å². The van der Waals surface area contributed by atoms with Gasteiger partial charge in [0, 0.05) is 6.07 Å². The van der Waals surface area contributed by atoms with Crippen LogP contribution in [0, 0.1) is 27.9 Å². The summed E-state index contributed by atoms with van der Waals surface area (Å²) < 4.78 is 43.1. The molecule has 0 aliphatic rings. The van der Waals surface area contributed by atoms with Crippen LogP contribution in [0.5, 0.6) is 11.5 Å². The zero-order valence-electron chi connectivity index (χ0n) is 11.6. The van der Waals surface area contributed by atoms with E-state index >= 15 is 0 Å². The van der Waals surface area contributed by atoms with Crippen LogP contribution in [0.4, 0.5) is 18.9 Å². The minimum atomic E-state index is -4.54. The van der Waals surface area contributed by atoms with Crippen LogP contribution in [-0.4, -0.2) is 4.92 Å². The Bertz CT molecular complexity index is 832. The normalized spacial score (nSPS) is 11.0. The Hall–Kier alpha value is -2.79. The number of rotatable bonds is 4. The van der Waals surface area contributed by atoms with Crippen molar-refractivity contribution in [1.29, 1.82) is 5.26 Å². The smallest absolute Gasteiger partial charge is 0.416 e. The maximum absolute atomic E-state index is 12.6. The van der Waals surface area contributed by atoms with Gasteiger partial charge in [-0.05, 0) is 30.3 Å². The lowest BCUT2D eigenvalue weighted by Crippen LogP contribution is -2.04. The molecular formula is C15H6ClF3N2O3. The maximum Gasteiger partial charge on any atom is 0.416 e. The maximum atomic E-state index is 12.6. The molecule has 0 fully saturated rings. The summed E-state index contributed by atoms with van der Waals surface area (Å²) in [4.78, 5) is 10.1. The highest BCUT2D eigenvalue weighted by Crippen LogP contribution is 2.37. The third-order valence-electron chi connectivity index (χ3n) is 2.84. The van der Waals surface area contributed by atoms with Gasteiger partial charge in [0.1, 0.15) is 17.9 Å². The number of benzene rings is 2. The van der Waals surface area contributed by atoms with Gasteiger partial charge in [-0.25, -0.2) is 0 Å². The molecule has 0 atom stereocenters. The number of hydrogen-bond donors (Lipinski definition) is 0. The number of nitro groups is 1. The zero-order valence-corrected chi connectivity index (χ0v) is 12.4. The number of hydrogen-bond acceptors (Lipinski definition) is 4. The summed E-state index contributed by atoms with van der Waals surface area (Å²) in [6.45, 7) is 0. The molecule has 2 rings (SSSR count). The minimum absolute atomic E-state index is 0.0556. The van der Waals surface area contributed by atoms with Crippen LogP contribution >= 0.6 is 11.6 Å². The average Bonchev–Trinajstić information content (AvgIpc) is 2.48. The molecule has 2 aromatic carbocycles. The Morgan fingerprint density at radius 2 is 1.92 bits per heavy atom. The summed E-state index contributed by atoms with van der Waals surface area (Å²) in [5.74, 6) is -0.0126. The molecule has 0 amide bonds. The molecule has 0 heterocycles. The van der Waals surface area contributed by atoms with Gasteiger partial charge in [0.25, 0.3) is 5.69 Å². The summed E-state index contributed by atoms with van der Waals surface area (Å²) in [6, 6.07) is 7.56. The van der Waals surface area contributed by atoms with E-state index in [-0.39, 0.29) is 27.8 Å². The van der Waals surface area contributed by atoms with Crippen LogP contribution < -0.4 is 4.74 Å². The fourth-order valence-electron chi connectivity index (χ4n) is 1.79. The van der Waals surface area contributed by atoms with Gasteiger partial charge in [0.05, 0.1) is 27.1 Å². The molecule has 2 radical (unpaired) electrons. The molecule has 24 heavy (non-hydrogen) atoms. The summed E-state index contributed by atoms with van der Waals surface area (Å²) in [7, 11) is 0. The van der Waals surface area contributed by atoms with Gasteiger partial charge in [0.2, 0.25) is 0 Å². The molecule has 0 bridgehead atoms. The first kappa shape index (κ1) is 17.6. The Labute approximate surface area is 139 Å². The van der Waals surface area contributed by atoms with E-state index in [0.29, 0.717) is 6.07 Å². The molecule has 2 aromatic rings. The van der Waals surface area contributed by atoms with Crippen LogP contribution in [0.2, 0.25) is 5.02 Å². The third kappa shape index (κ3) is 3.94. The van der Waals surface area contributed by atoms with Gasteiger partial charge < -0.3 is 4.74 Å². The molecule has 122 valence electrons. The number of nitriles is 1. The lowest BCUT2D eigenvalue weighted by molar-refractivity contribution is -0.385. The molecule has 5 nitrogen and oxygen atoms in total. The van der Waals surface area contributed by atoms with Crippen LogP contribution in [0.1, 0.15) is 11.1 Å². The molecular weight excluding hydrogens is 349 g/mol. The van der Waals surface area contributed by atoms with Crippen LogP contribution in [0.3, 0.4) is 0 Å². The number of ether oxygens (including phenoxy) is 1. The first-order valence-corrected chi connectivity index (χ1v) is 6.58. The Kier molecular flexibility index (Phi) is 4.95. The highest BCUT2D eigenvalue weighted by Gasteiger charge is 2.31. The second-order valence-corrected chi connectivity index (χ2v) is 4.83. The number of nitrogens with zero attached hydrogens (tertiary/aromatic N) is 2. The molecule has 0 saturated heterocycles. The van der Waals surface area contributed by atoms with E-state index in [1.165, 1.54) is 6.07 Å². The van der Waals surface area contributed by atoms with E-state index < -0.39 is 16.7 Å². The first-order chi connectivity index (χ1) is 11.2. The topological polar surface area (TPSA) is 76.2 Å². The van der Waals surface area contributed by atoms with Crippen molar-refractivity contribution in [2.45, 2.75) is 6.18 Å². The van der Waals surface area contributed by atoms with Gasteiger partial charge in [-0.2, -0.15) is 18.4 Å². The largest absolute Gasteiger partial charge is 0.456 e. The van der Waals surface area contributed by atoms with Crippen molar-refractivity contribution in [3.05, 3.63) is 69.1 Å². The lowest BCUT2D eigenvalue weighted by atomic mass is 10.1. The fourth-order valence-corrected chi connectivity index (χ4v) is 2.00. The number of halogens is 4. The summed E-state index contributed by atoms with van der Waals surface area (Å²) in [5, 5.41) is 19.2. The minimum Gasteiger partial charge on any atom is -0.456 e. The molecule has 0 aromatic heterocycles. The molecule has 0 N–H and O–H groups in total. The molecule has 0 aliphatic heterocycles. The third-order valence-corrected chi connectivity index (χ3v) is 3.14. The van der Waals surface area contributed by atoms with Crippen molar-refractivity contribution in [3.8, 4) is 17.6 Å². The SMILES string of the molecule is N#C[C]c1cc(Oc2ccc(C(F)(F)F)cc2Cl)ccc1[N+](=O)[O-]. The molecule has 0 spiro atoms. The second-order valence-electron chi connectivity index (χ2n) is 4.42. The summed E-state index contributed by atoms with van der Waals surface area (Å²) in [5.41, 5.74) is -1.42. The van der Waals surface area contributed by atoms with Crippen molar-refractivity contribution < 1.29 is 22.8 Å². The van der Waals surface area contributed by atoms with Crippen LogP contribution in [0.15, 0.2) is 36.4 Å². The number of alkyl halides is 3. The standard InChI is InChI=1S/C15H6ClF3N2O3/c16-12-8-10(15(17,18)19)1-4-14(12)24-11-2-3-13(21(22)23)9(7-11)5-6-20/h1-4,7-8H. The van der Waals surface area contributed by atoms with E-state index in [4.69, 9.17) is 21.6 Å². The number of nitro benzene ring substituents is 1. The van der Waals surface area contributed by atoms with Gasteiger partial charge in [0.15, 0.2) is 0 Å². The highest BCUT2D eigenvalue weighted by molar-refractivity contribution is 6.32. The Morgan fingerprint density at radius 3 is 2.46 bits per heavy atom. The molecule has 0 unspecified atom stereocenters. The summed E-state index contributed by atoms with van der Waals surface area (Å²) in [6.07, 6.45) is -2.41. The molecule has 9 heteroatoms. The van der Waals surface area contributed by atoms with E-state index in [1.54, 1.807) is 6.07 Å². The molecule has 0 saturated carbocycles. The monoisotopic (exact) mass is 354 g/mol. The van der Waals surface area contributed by atoms with Crippen molar-refractivity contribution in [3.63, 3.8) is 0 Å². The average molecular weight is 355 g/mol. The van der Waals surface area contributed by atoms with Gasteiger partial charge in [-0.1, -0.05) is 11.6 Å². The quantitative estimate of drug-likeness (QED) is 0.571. The van der Waals surface area contributed by atoms with Crippen molar-refractivity contribution >= 4 is 17.3 Å². The van der Waals surface area contributed by atoms with E-state index in [1.807, 2.05) is 0 Å². The molecule has 0 aliphatic carbocycles. The van der Waals surface area contributed by atoms with E-state index in [2.05, 4.69) is 6.42 Å².